The summed E-state index contributed by atoms with van der Waals surface area (Å²) in [5.41, 5.74) is 0.534. The molecular weight excluding hydrogens is 234 g/mol. The second kappa shape index (κ2) is 3.54. The Morgan fingerprint density at radius 3 is 2.94 bits per heavy atom. The van der Waals surface area contributed by atoms with E-state index in [2.05, 4.69) is 0 Å². The van der Waals surface area contributed by atoms with Crippen molar-refractivity contribution in [1.29, 1.82) is 0 Å². The lowest BCUT2D eigenvalue weighted by molar-refractivity contribution is -0.531. The zero-order valence-electron chi connectivity index (χ0n) is 9.96. The second-order valence-corrected chi connectivity index (χ2v) is 4.79. The molecule has 0 N–H and O–H groups in total. The minimum Gasteiger partial charge on any atom is -0.461 e. The molecule has 3 rings (SSSR count). The molecular formula is C13H13NO4. The highest BCUT2D eigenvalue weighted by atomic mass is 16.6. The van der Waals surface area contributed by atoms with Gasteiger partial charge >= 0.3 is 11.5 Å². The van der Waals surface area contributed by atoms with Gasteiger partial charge in [-0.1, -0.05) is 24.3 Å². The highest BCUT2D eigenvalue weighted by molar-refractivity contribution is 5.87. The van der Waals surface area contributed by atoms with E-state index >= 15 is 0 Å². The standard InChI is InChI=1S/C13H13NO4/c1-2-18-12(15)13(14(16)17)10-7-8-5-3-4-6-9(8)11(10)13/h3-6,10-11H,2,7H2,1H3/t10-,11+,13+/m1/s1. The lowest BCUT2D eigenvalue weighted by Gasteiger charge is -2.13. The number of benzene rings is 1. The number of ether oxygens (including phenoxy) is 1. The number of carbonyl (C=O) groups is 1. The van der Waals surface area contributed by atoms with E-state index < -0.39 is 16.4 Å². The Labute approximate surface area is 104 Å². The van der Waals surface area contributed by atoms with E-state index in [1.807, 2.05) is 24.3 Å². The van der Waals surface area contributed by atoms with Gasteiger partial charge in [0.25, 0.3) is 0 Å². The van der Waals surface area contributed by atoms with Crippen molar-refractivity contribution >= 4 is 5.97 Å². The van der Waals surface area contributed by atoms with Gasteiger partial charge in [-0.2, -0.15) is 0 Å². The topological polar surface area (TPSA) is 69.4 Å². The maximum absolute atomic E-state index is 11.9. The van der Waals surface area contributed by atoms with Crippen LogP contribution < -0.4 is 0 Å². The normalized spacial score (nSPS) is 31.4. The minimum absolute atomic E-state index is 0.176. The average Bonchev–Trinajstić information content (AvgIpc) is 2.86. The molecule has 1 fully saturated rings. The van der Waals surface area contributed by atoms with Crippen molar-refractivity contribution < 1.29 is 14.5 Å². The van der Waals surface area contributed by atoms with Gasteiger partial charge in [-0.15, -0.1) is 0 Å². The third kappa shape index (κ3) is 1.14. The van der Waals surface area contributed by atoms with Crippen molar-refractivity contribution in [3.8, 4) is 0 Å². The van der Waals surface area contributed by atoms with Gasteiger partial charge in [0, 0.05) is 4.92 Å². The number of fused-ring (bicyclic) bond motifs is 3. The van der Waals surface area contributed by atoms with E-state index in [0.717, 1.165) is 11.1 Å². The van der Waals surface area contributed by atoms with Crippen LogP contribution in [0.3, 0.4) is 0 Å². The molecule has 1 aromatic rings. The molecule has 2 aliphatic carbocycles. The summed E-state index contributed by atoms with van der Waals surface area (Å²) in [5, 5.41) is 11.3. The Kier molecular flexibility index (Phi) is 2.20. The van der Waals surface area contributed by atoms with Crippen LogP contribution in [0.25, 0.3) is 0 Å². The van der Waals surface area contributed by atoms with Crippen LogP contribution in [0.2, 0.25) is 0 Å². The molecule has 0 unspecified atom stereocenters. The Morgan fingerprint density at radius 2 is 2.28 bits per heavy atom. The SMILES string of the molecule is CCOC(=O)[C@]1([N+](=O)[O-])[C@@H]2Cc3ccccc3[C@@H]21. The molecule has 94 valence electrons. The van der Waals surface area contributed by atoms with Gasteiger partial charge in [0.1, 0.15) is 0 Å². The maximum Gasteiger partial charge on any atom is 0.385 e. The summed E-state index contributed by atoms with van der Waals surface area (Å²) in [6.07, 6.45) is 0.598. The lowest BCUT2D eigenvalue weighted by atomic mass is 9.98. The molecule has 18 heavy (non-hydrogen) atoms. The van der Waals surface area contributed by atoms with Crippen LogP contribution in [0.15, 0.2) is 24.3 Å². The highest BCUT2D eigenvalue weighted by Crippen LogP contribution is 2.66. The van der Waals surface area contributed by atoms with Crippen LogP contribution in [0.4, 0.5) is 0 Å². The summed E-state index contributed by atoms with van der Waals surface area (Å²) in [7, 11) is 0. The van der Waals surface area contributed by atoms with E-state index in [9.17, 15) is 14.9 Å². The second-order valence-electron chi connectivity index (χ2n) is 4.79. The Bertz CT molecular complexity index is 542. The minimum atomic E-state index is -1.52. The average molecular weight is 247 g/mol. The van der Waals surface area contributed by atoms with Gasteiger partial charge in [0.05, 0.1) is 18.4 Å². The first-order valence-corrected chi connectivity index (χ1v) is 6.03. The number of carbonyl (C=O) groups excluding carboxylic acids is 1. The first-order chi connectivity index (χ1) is 8.64. The van der Waals surface area contributed by atoms with Crippen LogP contribution in [0.5, 0.6) is 0 Å². The zero-order chi connectivity index (χ0) is 12.9. The predicted octanol–water partition coefficient (Wildman–Crippen LogP) is 1.53. The van der Waals surface area contributed by atoms with Crippen LogP contribution in [0, 0.1) is 16.0 Å². The van der Waals surface area contributed by atoms with Crippen molar-refractivity contribution in [2.75, 3.05) is 6.61 Å². The highest BCUT2D eigenvalue weighted by Gasteiger charge is 2.84. The lowest BCUT2D eigenvalue weighted by Crippen LogP contribution is -2.38. The van der Waals surface area contributed by atoms with Gasteiger partial charge in [-0.3, -0.25) is 10.1 Å². The van der Waals surface area contributed by atoms with Crippen molar-refractivity contribution in [2.24, 2.45) is 5.92 Å². The first-order valence-electron chi connectivity index (χ1n) is 6.03. The van der Waals surface area contributed by atoms with E-state index in [1.165, 1.54) is 0 Å². The molecule has 2 aliphatic rings. The molecule has 1 aromatic carbocycles. The van der Waals surface area contributed by atoms with Crippen molar-refractivity contribution in [3.05, 3.63) is 45.5 Å². The van der Waals surface area contributed by atoms with E-state index in [-0.39, 0.29) is 18.4 Å². The molecule has 0 amide bonds. The van der Waals surface area contributed by atoms with E-state index in [1.54, 1.807) is 6.92 Å². The smallest absolute Gasteiger partial charge is 0.385 e. The van der Waals surface area contributed by atoms with Gasteiger partial charge in [0.15, 0.2) is 0 Å². The molecule has 0 bridgehead atoms. The van der Waals surface area contributed by atoms with E-state index in [4.69, 9.17) is 4.74 Å². The Morgan fingerprint density at radius 1 is 1.56 bits per heavy atom. The number of esters is 1. The van der Waals surface area contributed by atoms with Crippen LogP contribution in [0.1, 0.15) is 24.0 Å². The molecule has 0 aliphatic heterocycles. The van der Waals surface area contributed by atoms with Crippen LogP contribution in [-0.4, -0.2) is 23.0 Å². The molecule has 1 saturated carbocycles. The van der Waals surface area contributed by atoms with Gasteiger partial charge < -0.3 is 4.74 Å². The molecule has 3 atom stereocenters. The molecule has 0 saturated heterocycles. The number of nitro groups is 1. The molecule has 0 aromatic heterocycles. The number of hydrogen-bond donors (Lipinski definition) is 0. The fourth-order valence-corrected chi connectivity index (χ4v) is 3.28. The predicted molar refractivity (Wildman–Crippen MR) is 62.7 cm³/mol. The summed E-state index contributed by atoms with van der Waals surface area (Å²) in [5.74, 6) is -1.22. The molecule has 0 heterocycles. The number of rotatable bonds is 3. The fraction of sp³-hybridized carbons (Fsp3) is 0.462. The summed E-state index contributed by atoms with van der Waals surface area (Å²) >= 11 is 0. The van der Waals surface area contributed by atoms with Gasteiger partial charge in [-0.25, -0.2) is 4.79 Å². The maximum atomic E-state index is 11.9. The first kappa shape index (κ1) is 11.2. The molecule has 0 radical (unpaired) electrons. The molecule has 5 heteroatoms. The Hall–Kier alpha value is -1.91. The van der Waals surface area contributed by atoms with Crippen molar-refractivity contribution in [2.45, 2.75) is 24.8 Å². The van der Waals surface area contributed by atoms with Gasteiger partial charge in [-0.05, 0) is 24.5 Å². The largest absolute Gasteiger partial charge is 0.461 e. The Balaban J connectivity index is 2.00. The van der Waals surface area contributed by atoms with Crippen molar-refractivity contribution in [3.63, 3.8) is 0 Å². The molecule has 0 spiro atoms. The van der Waals surface area contributed by atoms with Crippen molar-refractivity contribution in [1.82, 2.24) is 0 Å². The summed E-state index contributed by atoms with van der Waals surface area (Å²) in [4.78, 5) is 22.8. The van der Waals surface area contributed by atoms with Crippen LogP contribution >= 0.6 is 0 Å². The monoisotopic (exact) mass is 247 g/mol. The zero-order valence-corrected chi connectivity index (χ0v) is 9.96. The summed E-state index contributed by atoms with van der Waals surface area (Å²) in [6.45, 7) is 1.84. The number of hydrogen-bond acceptors (Lipinski definition) is 4. The van der Waals surface area contributed by atoms with Gasteiger partial charge in [0.2, 0.25) is 0 Å². The van der Waals surface area contributed by atoms with Crippen LogP contribution in [-0.2, 0) is 16.0 Å². The summed E-state index contributed by atoms with van der Waals surface area (Å²) in [6, 6.07) is 7.62. The quantitative estimate of drug-likeness (QED) is 0.461. The van der Waals surface area contributed by atoms with E-state index in [0.29, 0.717) is 6.42 Å². The third-order valence-electron chi connectivity index (χ3n) is 4.07. The fourth-order valence-electron chi connectivity index (χ4n) is 3.28. The number of nitrogens with zero attached hydrogens (tertiary/aromatic N) is 1. The summed E-state index contributed by atoms with van der Waals surface area (Å²) < 4.78 is 4.90. The third-order valence-corrected chi connectivity index (χ3v) is 4.07. The molecule has 5 nitrogen and oxygen atoms in total.